The topological polar surface area (TPSA) is 96.0 Å². The van der Waals surface area contributed by atoms with Crippen LogP contribution in [0.4, 0.5) is 5.69 Å². The molecule has 0 bridgehead atoms. The molecule has 2 amide bonds. The van der Waals surface area contributed by atoms with Crippen LogP contribution in [-0.2, 0) is 32.6 Å². The number of sulfonamides is 1. The third-order valence-corrected chi connectivity index (χ3v) is 9.31. The summed E-state index contributed by atoms with van der Waals surface area (Å²) in [5.41, 5.74) is 2.82. The maximum absolute atomic E-state index is 14.5. The molecule has 4 aromatic carbocycles. The average Bonchev–Trinajstić information content (AvgIpc) is 3.06. The maximum atomic E-state index is 14.5. The Hall–Kier alpha value is -4.63. The highest BCUT2D eigenvalue weighted by Gasteiger charge is 2.35. The first-order chi connectivity index (χ1) is 21.7. The van der Waals surface area contributed by atoms with E-state index in [0.717, 1.165) is 33.8 Å². The van der Waals surface area contributed by atoms with E-state index in [1.54, 1.807) is 36.4 Å². The Morgan fingerprint density at radius 2 is 1.42 bits per heavy atom. The molecule has 8 nitrogen and oxygen atoms in total. The zero-order chi connectivity index (χ0) is 32.2. The third-order valence-electron chi connectivity index (χ3n) is 7.54. The summed E-state index contributed by atoms with van der Waals surface area (Å²) < 4.78 is 35.0. The van der Waals surface area contributed by atoms with Crippen LogP contribution in [0.25, 0.3) is 0 Å². The Labute approximate surface area is 266 Å². The summed E-state index contributed by atoms with van der Waals surface area (Å²) in [4.78, 5) is 29.9. The number of ether oxygens (including phenoxy) is 1. The minimum absolute atomic E-state index is 0.0413. The molecule has 0 aromatic heterocycles. The molecule has 0 saturated carbocycles. The molecule has 0 aliphatic rings. The van der Waals surface area contributed by atoms with Crippen molar-refractivity contribution in [1.82, 2.24) is 10.2 Å². The Morgan fingerprint density at radius 3 is 2.04 bits per heavy atom. The lowest BCUT2D eigenvalue weighted by atomic mass is 10.0. The lowest BCUT2D eigenvalue weighted by molar-refractivity contribution is -0.140. The number of nitrogens with zero attached hydrogens (tertiary/aromatic N) is 2. The summed E-state index contributed by atoms with van der Waals surface area (Å²) in [6, 6.07) is 31.2. The van der Waals surface area contributed by atoms with E-state index in [4.69, 9.17) is 4.74 Å². The van der Waals surface area contributed by atoms with Crippen molar-refractivity contribution in [2.75, 3.05) is 24.5 Å². The number of unbranched alkanes of at least 4 members (excludes halogenated alkanes) is 1. The lowest BCUT2D eigenvalue weighted by Crippen LogP contribution is -2.53. The second-order valence-electron chi connectivity index (χ2n) is 10.9. The molecule has 0 unspecified atom stereocenters. The van der Waals surface area contributed by atoms with Gasteiger partial charge in [-0.25, -0.2) is 8.42 Å². The minimum Gasteiger partial charge on any atom is -0.495 e. The van der Waals surface area contributed by atoms with Crippen molar-refractivity contribution in [3.05, 3.63) is 126 Å². The second kappa shape index (κ2) is 15.9. The Morgan fingerprint density at radius 1 is 0.822 bits per heavy atom. The molecule has 1 atom stereocenters. The van der Waals surface area contributed by atoms with Gasteiger partial charge in [-0.3, -0.25) is 13.9 Å². The van der Waals surface area contributed by atoms with Crippen LogP contribution < -0.4 is 14.4 Å². The van der Waals surface area contributed by atoms with Crippen molar-refractivity contribution in [3.8, 4) is 5.75 Å². The number of rotatable bonds is 15. The van der Waals surface area contributed by atoms with Gasteiger partial charge in [-0.2, -0.15) is 0 Å². The molecule has 0 fully saturated rings. The smallest absolute Gasteiger partial charge is 0.264 e. The van der Waals surface area contributed by atoms with Gasteiger partial charge in [0.05, 0.1) is 17.7 Å². The number of carbonyl (C=O) groups excluding carboxylic acids is 2. The van der Waals surface area contributed by atoms with Gasteiger partial charge in [0.25, 0.3) is 10.0 Å². The van der Waals surface area contributed by atoms with E-state index in [0.29, 0.717) is 12.3 Å². The van der Waals surface area contributed by atoms with Crippen LogP contribution in [0.5, 0.6) is 5.75 Å². The monoisotopic (exact) mass is 627 g/mol. The number of methoxy groups -OCH3 is 1. The molecular weight excluding hydrogens is 586 g/mol. The molecule has 4 aromatic rings. The molecule has 45 heavy (non-hydrogen) atoms. The number of anilines is 1. The Balaban J connectivity index is 1.80. The van der Waals surface area contributed by atoms with Crippen LogP contribution >= 0.6 is 0 Å². The van der Waals surface area contributed by atoms with Gasteiger partial charge in [-0.1, -0.05) is 104 Å². The molecule has 236 valence electrons. The van der Waals surface area contributed by atoms with Crippen LogP contribution in [0.1, 0.15) is 36.5 Å². The standard InChI is InChI=1S/C36H41N3O5S/c1-4-5-24-37-36(41)33(25-29-14-8-6-9-15-29)38(26-30-16-10-7-11-17-30)35(40)27-39(32-18-12-13-19-34(32)44-3)45(42,43)31-22-20-28(2)21-23-31/h6-23,33H,4-5,24-27H2,1-3H3,(H,37,41)/t33-/m1/s1. The first-order valence-corrected chi connectivity index (χ1v) is 16.6. The fourth-order valence-corrected chi connectivity index (χ4v) is 6.45. The Bertz CT molecular complexity index is 1650. The molecular formula is C36H41N3O5S. The van der Waals surface area contributed by atoms with E-state index in [1.165, 1.54) is 24.1 Å². The maximum Gasteiger partial charge on any atom is 0.264 e. The van der Waals surface area contributed by atoms with Crippen LogP contribution in [0.3, 0.4) is 0 Å². The minimum atomic E-state index is -4.22. The van der Waals surface area contributed by atoms with Gasteiger partial charge in [0.1, 0.15) is 18.3 Å². The highest BCUT2D eigenvalue weighted by Crippen LogP contribution is 2.32. The van der Waals surface area contributed by atoms with Crippen molar-refractivity contribution >= 4 is 27.5 Å². The Kier molecular flexibility index (Phi) is 11.8. The molecule has 1 N–H and O–H groups in total. The highest BCUT2D eigenvalue weighted by atomic mass is 32.2. The number of carbonyl (C=O) groups is 2. The first kappa shape index (κ1) is 33.3. The van der Waals surface area contributed by atoms with Gasteiger partial charge in [0.2, 0.25) is 11.8 Å². The number of hydrogen-bond acceptors (Lipinski definition) is 5. The van der Waals surface area contributed by atoms with E-state index >= 15 is 0 Å². The normalized spacial score (nSPS) is 11.8. The molecule has 0 spiro atoms. The van der Waals surface area contributed by atoms with Gasteiger partial charge < -0.3 is 15.0 Å². The van der Waals surface area contributed by atoms with E-state index in [2.05, 4.69) is 5.32 Å². The summed E-state index contributed by atoms with van der Waals surface area (Å²) in [6.45, 7) is 3.96. The predicted molar refractivity (Wildman–Crippen MR) is 178 cm³/mol. The van der Waals surface area contributed by atoms with Gasteiger partial charge >= 0.3 is 0 Å². The fourth-order valence-electron chi connectivity index (χ4n) is 5.03. The van der Waals surface area contributed by atoms with Crippen molar-refractivity contribution < 1.29 is 22.7 Å². The zero-order valence-corrected chi connectivity index (χ0v) is 26.9. The summed E-state index contributed by atoms with van der Waals surface area (Å²) in [7, 11) is -2.77. The quantitative estimate of drug-likeness (QED) is 0.169. The van der Waals surface area contributed by atoms with Crippen molar-refractivity contribution in [3.63, 3.8) is 0 Å². The van der Waals surface area contributed by atoms with E-state index in [-0.39, 0.29) is 29.5 Å². The van der Waals surface area contributed by atoms with Crippen molar-refractivity contribution in [2.45, 2.75) is 50.6 Å². The van der Waals surface area contributed by atoms with Crippen LogP contribution in [0.15, 0.2) is 114 Å². The molecule has 0 aliphatic carbocycles. The van der Waals surface area contributed by atoms with Gasteiger partial charge in [0, 0.05) is 19.5 Å². The number of aryl methyl sites for hydroxylation is 1. The molecule has 9 heteroatoms. The summed E-state index contributed by atoms with van der Waals surface area (Å²) in [6.07, 6.45) is 1.96. The average molecular weight is 628 g/mol. The van der Waals surface area contributed by atoms with Gasteiger partial charge in [-0.05, 0) is 48.7 Å². The third kappa shape index (κ3) is 8.73. The number of amides is 2. The number of benzene rings is 4. The van der Waals surface area contributed by atoms with E-state index < -0.39 is 28.5 Å². The van der Waals surface area contributed by atoms with Crippen molar-refractivity contribution in [2.24, 2.45) is 0 Å². The van der Waals surface area contributed by atoms with Gasteiger partial charge in [0.15, 0.2) is 0 Å². The number of hydrogen-bond donors (Lipinski definition) is 1. The van der Waals surface area contributed by atoms with E-state index in [1.807, 2.05) is 74.5 Å². The molecule has 0 heterocycles. The summed E-state index contributed by atoms with van der Waals surface area (Å²) in [5, 5.41) is 3.00. The number of nitrogens with one attached hydrogen (secondary N) is 1. The molecule has 0 radical (unpaired) electrons. The summed E-state index contributed by atoms with van der Waals surface area (Å²) in [5.74, 6) is -0.512. The van der Waals surface area contributed by atoms with Crippen LogP contribution in [0, 0.1) is 6.92 Å². The van der Waals surface area contributed by atoms with Gasteiger partial charge in [-0.15, -0.1) is 0 Å². The molecule has 4 rings (SSSR count). The second-order valence-corrected chi connectivity index (χ2v) is 12.7. The molecule has 0 saturated heterocycles. The predicted octanol–water partition coefficient (Wildman–Crippen LogP) is 5.76. The number of para-hydroxylation sites is 2. The fraction of sp³-hybridized carbons (Fsp3) is 0.278. The van der Waals surface area contributed by atoms with E-state index in [9.17, 15) is 18.0 Å². The first-order valence-electron chi connectivity index (χ1n) is 15.1. The SMILES string of the molecule is CCCCNC(=O)[C@@H](Cc1ccccc1)N(Cc1ccccc1)C(=O)CN(c1ccccc1OC)S(=O)(=O)c1ccc(C)cc1. The zero-order valence-electron chi connectivity index (χ0n) is 26.1. The molecule has 0 aliphatic heterocycles. The van der Waals surface area contributed by atoms with Crippen LogP contribution in [0.2, 0.25) is 0 Å². The van der Waals surface area contributed by atoms with Crippen molar-refractivity contribution in [1.29, 1.82) is 0 Å². The van der Waals surface area contributed by atoms with Crippen LogP contribution in [-0.4, -0.2) is 51.4 Å². The lowest BCUT2D eigenvalue weighted by Gasteiger charge is -2.34. The largest absolute Gasteiger partial charge is 0.495 e. The highest BCUT2D eigenvalue weighted by molar-refractivity contribution is 7.92. The summed E-state index contributed by atoms with van der Waals surface area (Å²) >= 11 is 0.